The minimum atomic E-state index is -0.385. The van der Waals surface area contributed by atoms with Crippen molar-refractivity contribution in [2.75, 3.05) is 6.54 Å². The highest BCUT2D eigenvalue weighted by Gasteiger charge is 2.37. The van der Waals surface area contributed by atoms with Crippen LogP contribution in [0.3, 0.4) is 0 Å². The SMILES string of the molecule is Cc1noc([C@H]2C[C@@H](O)CN2C(C)CCc2cccc(F)c2)n1. The van der Waals surface area contributed by atoms with E-state index in [-0.39, 0.29) is 24.0 Å². The Hall–Kier alpha value is -1.79. The van der Waals surface area contributed by atoms with Gasteiger partial charge in [0, 0.05) is 12.6 Å². The molecule has 1 aromatic carbocycles. The summed E-state index contributed by atoms with van der Waals surface area (Å²) >= 11 is 0. The average Bonchev–Trinajstić information content (AvgIpc) is 3.10. The van der Waals surface area contributed by atoms with Crippen molar-refractivity contribution < 1.29 is 14.0 Å². The van der Waals surface area contributed by atoms with E-state index in [1.54, 1.807) is 19.1 Å². The van der Waals surface area contributed by atoms with Gasteiger partial charge >= 0.3 is 0 Å². The molecule has 6 heteroatoms. The Bertz CT molecular complexity index is 661. The van der Waals surface area contributed by atoms with Gasteiger partial charge < -0.3 is 9.63 Å². The van der Waals surface area contributed by atoms with Gasteiger partial charge in [-0.05, 0) is 50.8 Å². The van der Waals surface area contributed by atoms with E-state index in [1.807, 2.05) is 6.07 Å². The Kier molecular flexibility index (Phi) is 4.73. The quantitative estimate of drug-likeness (QED) is 0.918. The summed E-state index contributed by atoms with van der Waals surface area (Å²) < 4.78 is 18.6. The Morgan fingerprint density at radius 3 is 3.00 bits per heavy atom. The number of aryl methyl sites for hydroxylation is 2. The van der Waals surface area contributed by atoms with Crippen LogP contribution in [0, 0.1) is 12.7 Å². The molecule has 0 spiro atoms. The molecule has 3 rings (SSSR count). The Labute approximate surface area is 135 Å². The van der Waals surface area contributed by atoms with Gasteiger partial charge in [0.05, 0.1) is 12.1 Å². The van der Waals surface area contributed by atoms with E-state index in [4.69, 9.17) is 4.52 Å². The number of aromatic nitrogens is 2. The molecule has 0 amide bonds. The molecule has 2 aromatic rings. The first kappa shape index (κ1) is 16.1. The number of rotatable bonds is 5. The van der Waals surface area contributed by atoms with Gasteiger partial charge in [-0.15, -0.1) is 0 Å². The fourth-order valence-electron chi connectivity index (χ4n) is 3.25. The minimum Gasteiger partial charge on any atom is -0.392 e. The van der Waals surface area contributed by atoms with Crippen LogP contribution in [-0.2, 0) is 6.42 Å². The Morgan fingerprint density at radius 1 is 1.48 bits per heavy atom. The van der Waals surface area contributed by atoms with Crippen LogP contribution in [0.15, 0.2) is 28.8 Å². The molecular weight excluding hydrogens is 297 g/mol. The molecule has 1 N–H and O–H groups in total. The van der Waals surface area contributed by atoms with E-state index in [0.29, 0.717) is 24.7 Å². The maximum Gasteiger partial charge on any atom is 0.244 e. The van der Waals surface area contributed by atoms with Gasteiger partial charge in [-0.25, -0.2) is 4.39 Å². The number of likely N-dealkylation sites (tertiary alicyclic amines) is 1. The number of hydrogen-bond donors (Lipinski definition) is 1. The number of halogens is 1. The van der Waals surface area contributed by atoms with E-state index >= 15 is 0 Å². The Morgan fingerprint density at radius 2 is 2.30 bits per heavy atom. The molecule has 2 heterocycles. The van der Waals surface area contributed by atoms with Crippen LogP contribution in [0.25, 0.3) is 0 Å². The van der Waals surface area contributed by atoms with Gasteiger partial charge in [0.2, 0.25) is 5.89 Å². The van der Waals surface area contributed by atoms with Crippen LogP contribution in [-0.4, -0.2) is 38.8 Å². The van der Waals surface area contributed by atoms with E-state index in [2.05, 4.69) is 22.0 Å². The molecule has 23 heavy (non-hydrogen) atoms. The van der Waals surface area contributed by atoms with Crippen LogP contribution in [0.2, 0.25) is 0 Å². The number of hydrogen-bond acceptors (Lipinski definition) is 5. The van der Waals surface area contributed by atoms with E-state index in [0.717, 1.165) is 18.4 Å². The van der Waals surface area contributed by atoms with Crippen LogP contribution in [0.5, 0.6) is 0 Å². The molecule has 1 saturated heterocycles. The molecule has 5 nitrogen and oxygen atoms in total. The molecule has 1 fully saturated rings. The van der Waals surface area contributed by atoms with Crippen LogP contribution in [0.1, 0.15) is 43.1 Å². The van der Waals surface area contributed by atoms with Crippen molar-refractivity contribution in [1.82, 2.24) is 15.0 Å². The molecule has 3 atom stereocenters. The maximum absolute atomic E-state index is 13.3. The van der Waals surface area contributed by atoms with Crippen molar-refractivity contribution >= 4 is 0 Å². The highest BCUT2D eigenvalue weighted by Crippen LogP contribution is 2.33. The zero-order chi connectivity index (χ0) is 16.4. The summed E-state index contributed by atoms with van der Waals surface area (Å²) in [6.07, 6.45) is 1.89. The first-order valence-electron chi connectivity index (χ1n) is 8.01. The van der Waals surface area contributed by atoms with Gasteiger partial charge in [-0.2, -0.15) is 4.98 Å². The normalized spacial score (nSPS) is 23.3. The second-order valence-electron chi connectivity index (χ2n) is 6.30. The second kappa shape index (κ2) is 6.76. The summed E-state index contributed by atoms with van der Waals surface area (Å²) in [7, 11) is 0. The molecule has 1 unspecified atom stereocenters. The number of aliphatic hydroxyl groups is 1. The molecule has 0 aliphatic carbocycles. The molecule has 124 valence electrons. The molecule has 0 radical (unpaired) electrons. The van der Waals surface area contributed by atoms with Gasteiger partial charge in [0.25, 0.3) is 0 Å². The summed E-state index contributed by atoms with van der Waals surface area (Å²) in [5, 5.41) is 13.9. The lowest BCUT2D eigenvalue weighted by Gasteiger charge is -2.28. The van der Waals surface area contributed by atoms with Gasteiger partial charge in [0.15, 0.2) is 5.82 Å². The van der Waals surface area contributed by atoms with Crippen LogP contribution < -0.4 is 0 Å². The molecule has 1 aromatic heterocycles. The Balaban J connectivity index is 1.66. The number of aliphatic hydroxyl groups excluding tert-OH is 1. The summed E-state index contributed by atoms with van der Waals surface area (Å²) in [6, 6.07) is 6.88. The standard InChI is InChI=1S/C17H22FN3O2/c1-11(6-7-13-4-3-5-14(18)8-13)21-10-15(22)9-16(21)17-19-12(2)20-23-17/h3-5,8,11,15-16,22H,6-7,9-10H2,1-2H3/t11?,15-,16-/m1/s1. The first-order chi connectivity index (χ1) is 11.0. The van der Waals surface area contributed by atoms with Crippen molar-refractivity contribution in [3.05, 3.63) is 47.4 Å². The highest BCUT2D eigenvalue weighted by molar-refractivity contribution is 5.16. The summed E-state index contributed by atoms with van der Waals surface area (Å²) in [4.78, 5) is 6.51. The van der Waals surface area contributed by atoms with E-state index in [1.165, 1.54) is 6.07 Å². The highest BCUT2D eigenvalue weighted by atomic mass is 19.1. The molecular formula is C17H22FN3O2. The van der Waals surface area contributed by atoms with Crippen molar-refractivity contribution in [2.45, 2.75) is 51.3 Å². The minimum absolute atomic E-state index is 0.0475. The maximum atomic E-state index is 13.3. The molecule has 0 saturated carbocycles. The average molecular weight is 319 g/mol. The van der Waals surface area contributed by atoms with Gasteiger partial charge in [-0.3, -0.25) is 4.90 Å². The van der Waals surface area contributed by atoms with Crippen molar-refractivity contribution in [1.29, 1.82) is 0 Å². The van der Waals surface area contributed by atoms with E-state index < -0.39 is 0 Å². The molecule has 0 bridgehead atoms. The van der Waals surface area contributed by atoms with Crippen LogP contribution >= 0.6 is 0 Å². The third-order valence-electron chi connectivity index (χ3n) is 4.45. The smallest absolute Gasteiger partial charge is 0.244 e. The second-order valence-corrected chi connectivity index (χ2v) is 6.30. The summed E-state index contributed by atoms with van der Waals surface area (Å²) in [5.74, 6) is 0.969. The number of β-amino-alcohol motifs (C(OH)–C–C–N with tert-alkyl or cyclic N) is 1. The number of benzene rings is 1. The fraction of sp³-hybridized carbons (Fsp3) is 0.529. The van der Waals surface area contributed by atoms with Crippen molar-refractivity contribution in [2.24, 2.45) is 0 Å². The molecule has 1 aliphatic rings. The topological polar surface area (TPSA) is 62.4 Å². The monoisotopic (exact) mass is 319 g/mol. The largest absolute Gasteiger partial charge is 0.392 e. The predicted octanol–water partition coefficient (Wildman–Crippen LogP) is 2.65. The number of nitrogens with zero attached hydrogens (tertiary/aromatic N) is 3. The van der Waals surface area contributed by atoms with Crippen molar-refractivity contribution in [3.63, 3.8) is 0 Å². The lowest BCUT2D eigenvalue weighted by Crippen LogP contribution is -2.34. The predicted molar refractivity (Wildman–Crippen MR) is 83.3 cm³/mol. The summed E-state index contributed by atoms with van der Waals surface area (Å²) in [5.41, 5.74) is 0.988. The van der Waals surface area contributed by atoms with Gasteiger partial charge in [0.1, 0.15) is 5.82 Å². The summed E-state index contributed by atoms with van der Waals surface area (Å²) in [6.45, 7) is 4.50. The van der Waals surface area contributed by atoms with Crippen LogP contribution in [0.4, 0.5) is 4.39 Å². The zero-order valence-corrected chi connectivity index (χ0v) is 13.4. The van der Waals surface area contributed by atoms with E-state index in [9.17, 15) is 9.50 Å². The van der Waals surface area contributed by atoms with Crippen molar-refractivity contribution in [3.8, 4) is 0 Å². The zero-order valence-electron chi connectivity index (χ0n) is 13.4. The molecule has 1 aliphatic heterocycles. The lowest BCUT2D eigenvalue weighted by molar-refractivity contribution is 0.138. The fourth-order valence-corrected chi connectivity index (χ4v) is 3.25. The van der Waals surface area contributed by atoms with Gasteiger partial charge in [-0.1, -0.05) is 17.3 Å². The third kappa shape index (κ3) is 3.76. The first-order valence-corrected chi connectivity index (χ1v) is 8.01. The third-order valence-corrected chi connectivity index (χ3v) is 4.45. The lowest BCUT2D eigenvalue weighted by atomic mass is 10.0.